The summed E-state index contributed by atoms with van der Waals surface area (Å²) in [6.07, 6.45) is 0. The molecule has 1 N–H and O–H groups in total. The van der Waals surface area contributed by atoms with Gasteiger partial charge in [0, 0.05) is 13.7 Å². The zero-order chi connectivity index (χ0) is 15.1. The van der Waals surface area contributed by atoms with Crippen LogP contribution in [0.4, 0.5) is 0 Å². The predicted octanol–water partition coefficient (Wildman–Crippen LogP) is 2.68. The van der Waals surface area contributed by atoms with Gasteiger partial charge in [-0.1, -0.05) is 36.4 Å². The summed E-state index contributed by atoms with van der Waals surface area (Å²) in [7, 11) is 1.64. The van der Waals surface area contributed by atoms with E-state index in [0.29, 0.717) is 19.8 Å². The third-order valence-corrected chi connectivity index (χ3v) is 3.28. The summed E-state index contributed by atoms with van der Waals surface area (Å²) in [5.74, 6) is -0.260. The van der Waals surface area contributed by atoms with Crippen molar-refractivity contribution in [2.24, 2.45) is 0 Å². The summed E-state index contributed by atoms with van der Waals surface area (Å²) in [6.45, 7) is 3.32. The Kier molecular flexibility index (Phi) is 5.72. The fourth-order valence-corrected chi connectivity index (χ4v) is 2.26. The molecule has 2 rings (SSSR count). The van der Waals surface area contributed by atoms with E-state index in [1.54, 1.807) is 7.11 Å². The molecule has 0 radical (unpaired) electrons. The second kappa shape index (κ2) is 7.76. The molecule has 0 heterocycles. The smallest absolute Gasteiger partial charge is 0.327 e. The van der Waals surface area contributed by atoms with E-state index in [1.807, 2.05) is 43.3 Å². The third-order valence-electron chi connectivity index (χ3n) is 3.28. The molecule has 1 atom stereocenters. The Morgan fingerprint density at radius 2 is 1.95 bits per heavy atom. The zero-order valence-corrected chi connectivity index (χ0v) is 12.5. The van der Waals surface area contributed by atoms with Crippen LogP contribution in [0.2, 0.25) is 0 Å². The van der Waals surface area contributed by atoms with Crippen LogP contribution in [0.25, 0.3) is 10.8 Å². The van der Waals surface area contributed by atoms with Gasteiger partial charge >= 0.3 is 5.97 Å². The highest BCUT2D eigenvalue weighted by atomic mass is 16.5. The maximum Gasteiger partial charge on any atom is 0.327 e. The van der Waals surface area contributed by atoms with Crippen molar-refractivity contribution in [2.45, 2.75) is 13.0 Å². The Morgan fingerprint density at radius 1 is 1.19 bits per heavy atom. The Morgan fingerprint density at radius 3 is 2.67 bits per heavy atom. The average Bonchev–Trinajstić information content (AvgIpc) is 2.51. The van der Waals surface area contributed by atoms with Gasteiger partial charge in [0.1, 0.15) is 6.04 Å². The lowest BCUT2D eigenvalue weighted by atomic mass is 10.0. The Balaban J connectivity index is 2.25. The molecule has 0 aliphatic carbocycles. The van der Waals surface area contributed by atoms with Crippen molar-refractivity contribution < 1.29 is 14.3 Å². The number of rotatable bonds is 7. The first-order valence-electron chi connectivity index (χ1n) is 7.14. The van der Waals surface area contributed by atoms with Crippen LogP contribution < -0.4 is 5.32 Å². The van der Waals surface area contributed by atoms with E-state index in [2.05, 4.69) is 11.4 Å². The topological polar surface area (TPSA) is 47.6 Å². The highest BCUT2D eigenvalue weighted by Gasteiger charge is 2.21. The Hall–Kier alpha value is -1.91. The van der Waals surface area contributed by atoms with Gasteiger partial charge in [-0.05, 0) is 29.3 Å². The number of fused-ring (bicyclic) bond motifs is 1. The van der Waals surface area contributed by atoms with Crippen LogP contribution in [0.5, 0.6) is 0 Å². The van der Waals surface area contributed by atoms with Crippen LogP contribution in [0.3, 0.4) is 0 Å². The van der Waals surface area contributed by atoms with E-state index < -0.39 is 6.04 Å². The van der Waals surface area contributed by atoms with Crippen molar-refractivity contribution in [3.8, 4) is 0 Å². The lowest BCUT2D eigenvalue weighted by Crippen LogP contribution is -2.32. The van der Waals surface area contributed by atoms with Crippen molar-refractivity contribution in [3.05, 3.63) is 48.0 Å². The summed E-state index contributed by atoms with van der Waals surface area (Å²) in [6, 6.07) is 13.6. The standard InChI is InChI=1S/C17H21NO3/c1-3-21-17(19)16(18-10-11-20-2)15-9-8-13-6-4-5-7-14(13)12-15/h4-9,12,16,18H,3,10-11H2,1-2H3. The Labute approximate surface area is 125 Å². The largest absolute Gasteiger partial charge is 0.465 e. The molecule has 0 amide bonds. The van der Waals surface area contributed by atoms with E-state index in [0.717, 1.165) is 16.3 Å². The summed E-state index contributed by atoms with van der Waals surface area (Å²) >= 11 is 0. The number of hydrogen-bond acceptors (Lipinski definition) is 4. The fourth-order valence-electron chi connectivity index (χ4n) is 2.26. The third kappa shape index (κ3) is 4.03. The first kappa shape index (κ1) is 15.5. The number of methoxy groups -OCH3 is 1. The maximum atomic E-state index is 12.1. The quantitative estimate of drug-likeness (QED) is 0.628. The molecule has 0 aromatic heterocycles. The number of carbonyl (C=O) groups is 1. The van der Waals surface area contributed by atoms with E-state index in [4.69, 9.17) is 9.47 Å². The second-order valence-electron chi connectivity index (χ2n) is 4.74. The summed E-state index contributed by atoms with van der Waals surface area (Å²) < 4.78 is 10.2. The van der Waals surface area contributed by atoms with Crippen LogP contribution in [0.15, 0.2) is 42.5 Å². The molecule has 1 unspecified atom stereocenters. The van der Waals surface area contributed by atoms with Gasteiger partial charge in [-0.2, -0.15) is 0 Å². The van der Waals surface area contributed by atoms with E-state index >= 15 is 0 Å². The van der Waals surface area contributed by atoms with Crippen molar-refractivity contribution in [1.29, 1.82) is 0 Å². The molecule has 0 saturated heterocycles. The number of nitrogens with one attached hydrogen (secondary N) is 1. The number of benzene rings is 2. The van der Waals surface area contributed by atoms with Crippen LogP contribution in [-0.4, -0.2) is 32.8 Å². The van der Waals surface area contributed by atoms with Crippen molar-refractivity contribution in [3.63, 3.8) is 0 Å². The molecule has 0 spiro atoms. The minimum absolute atomic E-state index is 0.260. The summed E-state index contributed by atoms with van der Waals surface area (Å²) in [4.78, 5) is 12.1. The highest BCUT2D eigenvalue weighted by Crippen LogP contribution is 2.21. The minimum Gasteiger partial charge on any atom is -0.465 e. The van der Waals surface area contributed by atoms with Gasteiger partial charge in [-0.25, -0.2) is 4.79 Å². The predicted molar refractivity (Wildman–Crippen MR) is 83.2 cm³/mol. The van der Waals surface area contributed by atoms with Gasteiger partial charge in [0.05, 0.1) is 13.2 Å². The average molecular weight is 287 g/mol. The van der Waals surface area contributed by atoms with Crippen LogP contribution in [-0.2, 0) is 14.3 Å². The van der Waals surface area contributed by atoms with Gasteiger partial charge in [-0.3, -0.25) is 5.32 Å². The van der Waals surface area contributed by atoms with Crippen molar-refractivity contribution in [2.75, 3.05) is 26.9 Å². The van der Waals surface area contributed by atoms with Crippen LogP contribution in [0.1, 0.15) is 18.5 Å². The first-order chi connectivity index (χ1) is 10.3. The number of esters is 1. The SMILES string of the molecule is CCOC(=O)C(NCCOC)c1ccc2ccccc2c1. The fraction of sp³-hybridized carbons (Fsp3) is 0.353. The second-order valence-corrected chi connectivity index (χ2v) is 4.74. The zero-order valence-electron chi connectivity index (χ0n) is 12.5. The van der Waals surface area contributed by atoms with Gasteiger partial charge in [0.2, 0.25) is 0 Å². The minimum atomic E-state index is -0.468. The molecule has 2 aromatic carbocycles. The number of carbonyl (C=O) groups excluding carboxylic acids is 1. The molecule has 4 nitrogen and oxygen atoms in total. The van der Waals surface area contributed by atoms with E-state index in [1.165, 1.54) is 0 Å². The lowest BCUT2D eigenvalue weighted by molar-refractivity contribution is -0.145. The highest BCUT2D eigenvalue weighted by molar-refractivity contribution is 5.85. The molecule has 4 heteroatoms. The van der Waals surface area contributed by atoms with Crippen molar-refractivity contribution >= 4 is 16.7 Å². The number of hydrogen-bond donors (Lipinski definition) is 1. The monoisotopic (exact) mass is 287 g/mol. The van der Waals surface area contributed by atoms with E-state index in [-0.39, 0.29) is 5.97 Å². The number of ether oxygens (including phenoxy) is 2. The molecule has 0 saturated carbocycles. The van der Waals surface area contributed by atoms with Crippen molar-refractivity contribution in [1.82, 2.24) is 5.32 Å². The molecule has 0 fully saturated rings. The molecule has 0 aliphatic rings. The van der Waals surface area contributed by atoms with E-state index in [9.17, 15) is 4.79 Å². The summed E-state index contributed by atoms with van der Waals surface area (Å²) in [5.41, 5.74) is 0.906. The normalized spacial score (nSPS) is 12.3. The first-order valence-corrected chi connectivity index (χ1v) is 7.14. The molecule has 2 aromatic rings. The van der Waals surface area contributed by atoms with Crippen LogP contribution in [0, 0.1) is 0 Å². The molecular formula is C17H21NO3. The van der Waals surface area contributed by atoms with Gasteiger partial charge in [0.15, 0.2) is 0 Å². The molecule has 21 heavy (non-hydrogen) atoms. The molecular weight excluding hydrogens is 266 g/mol. The van der Waals surface area contributed by atoms with Gasteiger partial charge < -0.3 is 9.47 Å². The molecule has 0 aliphatic heterocycles. The van der Waals surface area contributed by atoms with Gasteiger partial charge in [-0.15, -0.1) is 0 Å². The van der Waals surface area contributed by atoms with Gasteiger partial charge in [0.25, 0.3) is 0 Å². The lowest BCUT2D eigenvalue weighted by Gasteiger charge is -2.18. The molecule has 112 valence electrons. The molecule has 0 bridgehead atoms. The van der Waals surface area contributed by atoms with Crippen LogP contribution >= 0.6 is 0 Å². The Bertz CT molecular complexity index is 597. The maximum absolute atomic E-state index is 12.1. The summed E-state index contributed by atoms with van der Waals surface area (Å²) in [5, 5.41) is 5.45.